The molecule has 3 nitrogen and oxygen atoms in total. The number of Topliss-reactive ketones (excluding diaryl/α,β-unsaturated/α-hetero) is 1. The van der Waals surface area contributed by atoms with Gasteiger partial charge >= 0.3 is 0 Å². The van der Waals surface area contributed by atoms with Crippen LogP contribution in [0.2, 0.25) is 0 Å². The first-order valence-corrected chi connectivity index (χ1v) is 9.07. The van der Waals surface area contributed by atoms with E-state index in [0.29, 0.717) is 17.7 Å². The summed E-state index contributed by atoms with van der Waals surface area (Å²) in [4.78, 5) is 12.9. The normalized spacial score (nSPS) is 16.2. The predicted molar refractivity (Wildman–Crippen MR) is 105 cm³/mol. The molecule has 3 heteroatoms. The number of carbonyl (C=O) groups is 1. The molecule has 0 spiro atoms. The van der Waals surface area contributed by atoms with Gasteiger partial charge in [-0.3, -0.25) is 4.79 Å². The third kappa shape index (κ3) is 2.55. The van der Waals surface area contributed by atoms with E-state index in [1.165, 1.54) is 0 Å². The largest absolute Gasteiger partial charge is 0.484 e. The van der Waals surface area contributed by atoms with Crippen LogP contribution in [0.1, 0.15) is 34.0 Å². The molecule has 4 aromatic rings. The van der Waals surface area contributed by atoms with Gasteiger partial charge in [-0.2, -0.15) is 0 Å². The van der Waals surface area contributed by atoms with Crippen molar-refractivity contribution in [3.05, 3.63) is 89.7 Å². The van der Waals surface area contributed by atoms with Crippen LogP contribution in [0.3, 0.4) is 0 Å². The molecule has 1 unspecified atom stereocenters. The highest BCUT2D eigenvalue weighted by atomic mass is 16.5. The monoisotopic (exact) mass is 354 g/mol. The predicted octanol–water partition coefficient (Wildman–Crippen LogP) is 6.11. The molecule has 1 aromatic heterocycles. The Kier molecular flexibility index (Phi) is 3.61. The molecule has 0 amide bonds. The van der Waals surface area contributed by atoms with E-state index in [2.05, 4.69) is 0 Å². The molecule has 27 heavy (non-hydrogen) atoms. The highest BCUT2D eigenvalue weighted by molar-refractivity contribution is 6.07. The van der Waals surface area contributed by atoms with Gasteiger partial charge < -0.3 is 9.15 Å². The number of fused-ring (bicyclic) bond motifs is 2. The van der Waals surface area contributed by atoms with E-state index >= 15 is 0 Å². The standard InChI is InChI=1S/C24H18O3/c1-15-23-18(20(14-26-23)16-8-4-2-5-9-16)12-19-21(25)13-22(27-24(15)19)17-10-6-3-7-11-17/h2-12,14,22H,13H2,1H3. The summed E-state index contributed by atoms with van der Waals surface area (Å²) < 4.78 is 12.1. The molecular weight excluding hydrogens is 336 g/mol. The summed E-state index contributed by atoms with van der Waals surface area (Å²) in [6, 6.07) is 21.9. The Bertz CT molecular complexity index is 1140. The molecule has 1 aliphatic rings. The molecule has 0 aliphatic carbocycles. The van der Waals surface area contributed by atoms with Crippen molar-refractivity contribution in [3.8, 4) is 16.9 Å². The van der Waals surface area contributed by atoms with Crippen LogP contribution in [0.4, 0.5) is 0 Å². The summed E-state index contributed by atoms with van der Waals surface area (Å²) in [7, 11) is 0. The number of aryl methyl sites for hydroxylation is 1. The number of rotatable bonds is 2. The lowest BCUT2D eigenvalue weighted by Gasteiger charge is -2.27. The zero-order valence-electron chi connectivity index (χ0n) is 14.9. The van der Waals surface area contributed by atoms with Crippen LogP contribution in [0, 0.1) is 6.92 Å². The summed E-state index contributed by atoms with van der Waals surface area (Å²) in [5.41, 5.74) is 5.37. The summed E-state index contributed by atoms with van der Waals surface area (Å²) >= 11 is 0. The molecule has 0 bridgehead atoms. The minimum Gasteiger partial charge on any atom is -0.484 e. The lowest BCUT2D eigenvalue weighted by Crippen LogP contribution is -2.21. The number of ketones is 1. The highest BCUT2D eigenvalue weighted by Gasteiger charge is 2.31. The van der Waals surface area contributed by atoms with Crippen molar-refractivity contribution in [2.75, 3.05) is 0 Å². The van der Waals surface area contributed by atoms with Gasteiger partial charge in [0.05, 0.1) is 18.2 Å². The smallest absolute Gasteiger partial charge is 0.170 e. The lowest BCUT2D eigenvalue weighted by molar-refractivity contribution is 0.0849. The van der Waals surface area contributed by atoms with Crippen LogP contribution in [0.25, 0.3) is 22.1 Å². The van der Waals surface area contributed by atoms with Gasteiger partial charge in [0.15, 0.2) is 5.78 Å². The van der Waals surface area contributed by atoms with E-state index in [4.69, 9.17) is 9.15 Å². The first kappa shape index (κ1) is 15.9. The number of hydrogen-bond acceptors (Lipinski definition) is 3. The number of ether oxygens (including phenoxy) is 1. The molecule has 2 heterocycles. The van der Waals surface area contributed by atoms with Crippen LogP contribution in [0.15, 0.2) is 77.4 Å². The van der Waals surface area contributed by atoms with E-state index in [1.54, 1.807) is 6.26 Å². The minimum atomic E-state index is -0.258. The van der Waals surface area contributed by atoms with Crippen LogP contribution in [-0.2, 0) is 0 Å². The summed E-state index contributed by atoms with van der Waals surface area (Å²) in [6.07, 6.45) is 1.85. The van der Waals surface area contributed by atoms with Crippen molar-refractivity contribution in [3.63, 3.8) is 0 Å². The van der Waals surface area contributed by atoms with Gasteiger partial charge in [-0.25, -0.2) is 0 Å². The second kappa shape index (κ2) is 6.13. The van der Waals surface area contributed by atoms with Gasteiger partial charge in [-0.05, 0) is 24.1 Å². The fourth-order valence-corrected chi connectivity index (χ4v) is 3.83. The molecule has 132 valence electrons. The van der Waals surface area contributed by atoms with Crippen LogP contribution in [-0.4, -0.2) is 5.78 Å². The maximum absolute atomic E-state index is 12.9. The molecule has 5 rings (SSSR count). The van der Waals surface area contributed by atoms with Gasteiger partial charge in [-0.1, -0.05) is 60.7 Å². The van der Waals surface area contributed by atoms with Crippen molar-refractivity contribution in [1.29, 1.82) is 0 Å². The van der Waals surface area contributed by atoms with Crippen molar-refractivity contribution in [1.82, 2.24) is 0 Å². The van der Waals surface area contributed by atoms with Gasteiger partial charge in [0.1, 0.15) is 17.4 Å². The first-order chi connectivity index (χ1) is 13.2. The number of hydrogen-bond donors (Lipinski definition) is 0. The Hall–Kier alpha value is -3.33. The van der Waals surface area contributed by atoms with Gasteiger partial charge in [0.2, 0.25) is 0 Å². The number of benzene rings is 3. The maximum Gasteiger partial charge on any atom is 0.170 e. The van der Waals surface area contributed by atoms with Crippen molar-refractivity contribution < 1.29 is 13.9 Å². The Morgan fingerprint density at radius 3 is 2.37 bits per heavy atom. The molecule has 0 fully saturated rings. The van der Waals surface area contributed by atoms with E-state index in [-0.39, 0.29) is 11.9 Å². The van der Waals surface area contributed by atoms with Crippen LogP contribution >= 0.6 is 0 Å². The summed E-state index contributed by atoms with van der Waals surface area (Å²) in [6.45, 7) is 1.96. The molecule has 0 radical (unpaired) electrons. The fraction of sp³-hybridized carbons (Fsp3) is 0.125. The van der Waals surface area contributed by atoms with E-state index in [1.807, 2.05) is 73.7 Å². The molecule has 1 atom stereocenters. The Morgan fingerprint density at radius 2 is 1.63 bits per heavy atom. The van der Waals surface area contributed by atoms with Gasteiger partial charge in [-0.15, -0.1) is 0 Å². The van der Waals surface area contributed by atoms with E-state index in [0.717, 1.165) is 33.2 Å². The third-order valence-electron chi connectivity index (χ3n) is 5.23. The molecular formula is C24H18O3. The molecule has 0 saturated carbocycles. The minimum absolute atomic E-state index is 0.107. The lowest BCUT2D eigenvalue weighted by atomic mass is 9.92. The SMILES string of the molecule is Cc1c2c(cc3c(-c4ccccc4)coc13)C(=O)CC(c1ccccc1)O2. The van der Waals surface area contributed by atoms with E-state index in [9.17, 15) is 4.79 Å². The zero-order chi connectivity index (χ0) is 18.4. The zero-order valence-corrected chi connectivity index (χ0v) is 14.9. The highest BCUT2D eigenvalue weighted by Crippen LogP contribution is 2.43. The molecule has 0 N–H and O–H groups in total. The molecule has 3 aromatic carbocycles. The Morgan fingerprint density at radius 1 is 0.926 bits per heavy atom. The van der Waals surface area contributed by atoms with Crippen LogP contribution in [0.5, 0.6) is 5.75 Å². The maximum atomic E-state index is 12.9. The fourth-order valence-electron chi connectivity index (χ4n) is 3.83. The number of furan rings is 1. The summed E-state index contributed by atoms with van der Waals surface area (Å²) in [5, 5.41) is 0.951. The van der Waals surface area contributed by atoms with Crippen molar-refractivity contribution in [2.24, 2.45) is 0 Å². The van der Waals surface area contributed by atoms with Gasteiger partial charge in [0.25, 0.3) is 0 Å². The Balaban J connectivity index is 1.65. The van der Waals surface area contributed by atoms with Crippen LogP contribution < -0.4 is 4.74 Å². The summed E-state index contributed by atoms with van der Waals surface area (Å²) in [5.74, 6) is 0.747. The van der Waals surface area contributed by atoms with E-state index < -0.39 is 0 Å². The first-order valence-electron chi connectivity index (χ1n) is 9.07. The average Bonchev–Trinajstić information content (AvgIpc) is 3.14. The quantitative estimate of drug-likeness (QED) is 0.436. The second-order valence-corrected chi connectivity index (χ2v) is 6.91. The second-order valence-electron chi connectivity index (χ2n) is 6.91. The third-order valence-corrected chi connectivity index (χ3v) is 5.23. The Labute approximate surface area is 157 Å². The van der Waals surface area contributed by atoms with Gasteiger partial charge in [0, 0.05) is 16.5 Å². The average molecular weight is 354 g/mol. The number of carbonyl (C=O) groups excluding carboxylic acids is 1. The van der Waals surface area contributed by atoms with Crippen molar-refractivity contribution >= 4 is 16.8 Å². The topological polar surface area (TPSA) is 39.4 Å². The molecule has 1 aliphatic heterocycles. The van der Waals surface area contributed by atoms with Crippen molar-refractivity contribution in [2.45, 2.75) is 19.4 Å². The molecule has 0 saturated heterocycles.